The van der Waals surface area contributed by atoms with E-state index >= 15 is 0 Å². The lowest BCUT2D eigenvalue weighted by Crippen LogP contribution is -1.95. The van der Waals surface area contributed by atoms with Crippen LogP contribution in [0.25, 0.3) is 0 Å². The first kappa shape index (κ1) is 10.1. The molecule has 1 N–H and O–H groups in total. The van der Waals surface area contributed by atoms with Gasteiger partial charge in [0.2, 0.25) is 0 Å². The largest absolute Gasteiger partial charge is 0.474 e. The molecular formula is C4H5N2O4P. The van der Waals surface area contributed by atoms with Gasteiger partial charge in [0.25, 0.3) is 0 Å². The Bertz CT molecular complexity index is 217. The molecule has 0 saturated heterocycles. The van der Waals surface area contributed by atoms with Gasteiger partial charge < -0.3 is 4.89 Å². The molecule has 0 saturated carbocycles. The zero-order chi connectivity index (χ0) is 8.74. The minimum Gasteiger partial charge on any atom is -0.302 e. The van der Waals surface area contributed by atoms with Crippen LogP contribution in [-0.2, 0) is 13.6 Å². The molecule has 0 fully saturated rings. The average Bonchev–Trinajstić information content (AvgIpc) is 1.97. The highest BCUT2D eigenvalue weighted by Crippen LogP contribution is 2.42. The van der Waals surface area contributed by atoms with Crippen LogP contribution in [-0.4, -0.2) is 18.1 Å². The third-order valence-corrected chi connectivity index (χ3v) is 1.50. The molecule has 0 spiro atoms. The Morgan fingerprint density at radius 3 is 1.91 bits per heavy atom. The number of nitriles is 2. The zero-order valence-corrected chi connectivity index (χ0v) is 6.32. The SMILES string of the molecule is N#CCOP(=O)(O)OCC#N. The lowest BCUT2D eigenvalue weighted by Gasteiger charge is -2.05. The molecule has 0 aliphatic rings. The number of hydrogen-bond acceptors (Lipinski definition) is 5. The van der Waals surface area contributed by atoms with Gasteiger partial charge in [-0.05, 0) is 0 Å². The summed E-state index contributed by atoms with van der Waals surface area (Å²) in [6, 6.07) is 2.97. The molecule has 6 nitrogen and oxygen atoms in total. The molecule has 60 valence electrons. The Labute approximate surface area is 63.2 Å². The van der Waals surface area contributed by atoms with Crippen LogP contribution in [0.1, 0.15) is 0 Å². The highest BCUT2D eigenvalue weighted by atomic mass is 31.2. The second-order valence-corrected chi connectivity index (χ2v) is 2.79. The first-order valence-electron chi connectivity index (χ1n) is 2.48. The molecule has 0 aromatic carbocycles. The molecule has 0 bridgehead atoms. The van der Waals surface area contributed by atoms with E-state index in [1.165, 1.54) is 12.1 Å². The lowest BCUT2D eigenvalue weighted by molar-refractivity contribution is 0.177. The summed E-state index contributed by atoms with van der Waals surface area (Å²) in [6.45, 7) is -1.08. The zero-order valence-electron chi connectivity index (χ0n) is 5.43. The fourth-order valence-corrected chi connectivity index (χ4v) is 0.774. The maximum absolute atomic E-state index is 10.5. The van der Waals surface area contributed by atoms with Crippen molar-refractivity contribution < 1.29 is 18.5 Å². The van der Waals surface area contributed by atoms with Gasteiger partial charge in [-0.1, -0.05) is 0 Å². The number of nitrogens with zero attached hydrogens (tertiary/aromatic N) is 2. The van der Waals surface area contributed by atoms with Crippen LogP contribution in [0.3, 0.4) is 0 Å². The topological polar surface area (TPSA) is 103 Å². The molecule has 0 unspecified atom stereocenters. The third-order valence-electron chi connectivity index (χ3n) is 0.584. The fourth-order valence-electron chi connectivity index (χ4n) is 0.258. The molecule has 0 radical (unpaired) electrons. The molecule has 0 atom stereocenters. The van der Waals surface area contributed by atoms with Crippen molar-refractivity contribution in [2.75, 3.05) is 13.2 Å². The van der Waals surface area contributed by atoms with Crippen LogP contribution in [0, 0.1) is 22.7 Å². The van der Waals surface area contributed by atoms with E-state index < -0.39 is 21.0 Å². The summed E-state index contributed by atoms with van der Waals surface area (Å²) < 4.78 is 18.7. The first-order valence-corrected chi connectivity index (χ1v) is 3.97. The van der Waals surface area contributed by atoms with Gasteiger partial charge in [-0.2, -0.15) is 10.5 Å². The average molecular weight is 176 g/mol. The summed E-state index contributed by atoms with van der Waals surface area (Å²) in [4.78, 5) is 8.59. The summed E-state index contributed by atoms with van der Waals surface area (Å²) in [5.74, 6) is 0. The molecule has 0 heterocycles. The highest BCUT2D eigenvalue weighted by Gasteiger charge is 2.19. The second kappa shape index (κ2) is 4.84. The van der Waals surface area contributed by atoms with Gasteiger partial charge in [-0.15, -0.1) is 0 Å². The van der Waals surface area contributed by atoms with Crippen molar-refractivity contribution in [3.63, 3.8) is 0 Å². The third kappa shape index (κ3) is 5.53. The first-order chi connectivity index (χ1) is 5.12. The lowest BCUT2D eigenvalue weighted by atomic mass is 10.9. The summed E-state index contributed by atoms with van der Waals surface area (Å²) in [5, 5.41) is 15.9. The van der Waals surface area contributed by atoms with Gasteiger partial charge >= 0.3 is 7.82 Å². The number of rotatable bonds is 4. The van der Waals surface area contributed by atoms with Gasteiger partial charge in [0.05, 0.1) is 12.1 Å². The number of phosphoric acid groups is 1. The van der Waals surface area contributed by atoms with E-state index in [4.69, 9.17) is 15.4 Å². The fraction of sp³-hybridized carbons (Fsp3) is 0.500. The van der Waals surface area contributed by atoms with Crippen LogP contribution in [0.15, 0.2) is 0 Å². The van der Waals surface area contributed by atoms with Crippen LogP contribution in [0.5, 0.6) is 0 Å². The minimum absolute atomic E-state index is 0.542. The van der Waals surface area contributed by atoms with E-state index in [1.807, 2.05) is 0 Å². The monoisotopic (exact) mass is 176 g/mol. The predicted octanol–water partition coefficient (Wildman–Crippen LogP) is 0.167. The Balaban J connectivity index is 3.75. The van der Waals surface area contributed by atoms with Crippen molar-refractivity contribution >= 4 is 7.82 Å². The van der Waals surface area contributed by atoms with Crippen molar-refractivity contribution in [2.45, 2.75) is 0 Å². The Kier molecular flexibility index (Phi) is 4.44. The molecule has 0 rings (SSSR count). The van der Waals surface area contributed by atoms with E-state index in [0.717, 1.165) is 0 Å². The Morgan fingerprint density at radius 1 is 1.27 bits per heavy atom. The number of hydrogen-bond donors (Lipinski definition) is 1. The van der Waals surface area contributed by atoms with Crippen molar-refractivity contribution in [1.29, 1.82) is 10.5 Å². The van der Waals surface area contributed by atoms with Crippen molar-refractivity contribution in [1.82, 2.24) is 0 Å². The van der Waals surface area contributed by atoms with Gasteiger partial charge in [0.15, 0.2) is 0 Å². The highest BCUT2D eigenvalue weighted by molar-refractivity contribution is 7.47. The van der Waals surface area contributed by atoms with Gasteiger partial charge in [0.1, 0.15) is 13.2 Å². The maximum Gasteiger partial charge on any atom is 0.474 e. The maximum atomic E-state index is 10.5. The van der Waals surface area contributed by atoms with Crippen molar-refractivity contribution in [3.8, 4) is 12.1 Å². The molecule has 7 heteroatoms. The van der Waals surface area contributed by atoms with Crippen molar-refractivity contribution in [3.05, 3.63) is 0 Å². The van der Waals surface area contributed by atoms with Crippen molar-refractivity contribution in [2.24, 2.45) is 0 Å². The minimum atomic E-state index is -4.17. The van der Waals surface area contributed by atoms with Gasteiger partial charge in [0, 0.05) is 0 Å². The Morgan fingerprint density at radius 2 is 1.64 bits per heavy atom. The van der Waals surface area contributed by atoms with Crippen LogP contribution >= 0.6 is 7.82 Å². The van der Waals surface area contributed by atoms with Crippen LogP contribution in [0.4, 0.5) is 0 Å². The summed E-state index contributed by atoms with van der Waals surface area (Å²) in [6.07, 6.45) is 0. The second-order valence-electron chi connectivity index (χ2n) is 1.33. The molecule has 0 aromatic heterocycles. The Hall–Kier alpha value is -0.910. The summed E-state index contributed by atoms with van der Waals surface area (Å²) >= 11 is 0. The van der Waals surface area contributed by atoms with Crippen LogP contribution < -0.4 is 0 Å². The van der Waals surface area contributed by atoms with E-state index in [9.17, 15) is 4.57 Å². The predicted molar refractivity (Wildman–Crippen MR) is 33.0 cm³/mol. The summed E-state index contributed by atoms with van der Waals surface area (Å²) in [5.41, 5.74) is 0. The molecule has 0 amide bonds. The van der Waals surface area contributed by atoms with E-state index in [0.29, 0.717) is 0 Å². The van der Waals surface area contributed by atoms with E-state index in [-0.39, 0.29) is 0 Å². The molecule has 0 aliphatic heterocycles. The smallest absolute Gasteiger partial charge is 0.302 e. The summed E-state index contributed by atoms with van der Waals surface area (Å²) in [7, 11) is -4.17. The quantitative estimate of drug-likeness (QED) is 0.612. The van der Waals surface area contributed by atoms with Gasteiger partial charge in [-0.25, -0.2) is 4.57 Å². The molecule has 0 aliphatic carbocycles. The molecule has 11 heavy (non-hydrogen) atoms. The normalized spacial score (nSPS) is 10.1. The van der Waals surface area contributed by atoms with E-state index in [2.05, 4.69) is 9.05 Å². The molecule has 0 aromatic rings. The van der Waals surface area contributed by atoms with Crippen LogP contribution in [0.2, 0.25) is 0 Å². The van der Waals surface area contributed by atoms with Gasteiger partial charge in [-0.3, -0.25) is 9.05 Å². The molecular weight excluding hydrogens is 171 g/mol. The van der Waals surface area contributed by atoms with E-state index in [1.54, 1.807) is 0 Å². The standard InChI is InChI=1S/C4H5N2O4P/c5-1-3-9-11(7,8)10-4-2-6/h3-4H2,(H,7,8). The number of phosphoric ester groups is 1.